The van der Waals surface area contributed by atoms with Crippen LogP contribution in [0.2, 0.25) is 0 Å². The summed E-state index contributed by atoms with van der Waals surface area (Å²) in [6.07, 6.45) is 0. The molecule has 6 heteroatoms. The van der Waals surface area contributed by atoms with Crippen LogP contribution in [0.3, 0.4) is 0 Å². The van der Waals surface area contributed by atoms with Crippen LogP contribution < -0.4 is 0 Å². The first-order valence-electron chi connectivity index (χ1n) is 7.68. The Hall–Kier alpha value is -1.21. The van der Waals surface area contributed by atoms with Gasteiger partial charge in [-0.1, -0.05) is 11.2 Å². The Balaban J connectivity index is 1.66. The smallest absolute Gasteiger partial charge is 0.133 e. The van der Waals surface area contributed by atoms with Crippen molar-refractivity contribution >= 4 is 11.3 Å². The van der Waals surface area contributed by atoms with Crippen LogP contribution in [-0.2, 0) is 11.3 Å². The molecule has 1 aliphatic rings. The van der Waals surface area contributed by atoms with E-state index in [0.29, 0.717) is 6.04 Å². The van der Waals surface area contributed by atoms with Crippen molar-refractivity contribution in [2.45, 2.75) is 19.5 Å². The third kappa shape index (κ3) is 3.95. The van der Waals surface area contributed by atoms with Crippen LogP contribution in [0.15, 0.2) is 28.1 Å². The van der Waals surface area contributed by atoms with Gasteiger partial charge in [0.1, 0.15) is 5.76 Å². The van der Waals surface area contributed by atoms with Gasteiger partial charge in [0.25, 0.3) is 0 Å². The minimum Gasteiger partial charge on any atom is -0.379 e. The molecule has 0 aliphatic carbocycles. The first-order chi connectivity index (χ1) is 10.7. The summed E-state index contributed by atoms with van der Waals surface area (Å²) in [6.45, 7) is 7.37. The highest BCUT2D eigenvalue weighted by atomic mass is 32.1. The highest BCUT2D eigenvalue weighted by Crippen LogP contribution is 2.27. The zero-order valence-electron chi connectivity index (χ0n) is 13.2. The monoisotopic (exact) mass is 321 g/mol. The molecule has 0 aromatic carbocycles. The van der Waals surface area contributed by atoms with E-state index in [9.17, 15) is 0 Å². The number of thiophene rings is 1. The Morgan fingerprint density at radius 3 is 2.86 bits per heavy atom. The Morgan fingerprint density at radius 1 is 1.41 bits per heavy atom. The maximum absolute atomic E-state index is 5.50. The van der Waals surface area contributed by atoms with Crippen LogP contribution in [0, 0.1) is 6.92 Å². The van der Waals surface area contributed by atoms with Gasteiger partial charge in [-0.2, -0.15) is 0 Å². The van der Waals surface area contributed by atoms with Gasteiger partial charge in [-0.3, -0.25) is 9.80 Å². The highest BCUT2D eigenvalue weighted by molar-refractivity contribution is 7.10. The molecule has 0 N–H and O–H groups in total. The van der Waals surface area contributed by atoms with Crippen molar-refractivity contribution in [2.75, 3.05) is 39.9 Å². The van der Waals surface area contributed by atoms with Crippen molar-refractivity contribution in [1.29, 1.82) is 0 Å². The van der Waals surface area contributed by atoms with E-state index in [1.165, 1.54) is 4.88 Å². The molecule has 0 spiro atoms. The Kier molecular flexibility index (Phi) is 5.25. The van der Waals surface area contributed by atoms with Crippen LogP contribution in [0.1, 0.15) is 22.4 Å². The molecule has 0 saturated carbocycles. The maximum Gasteiger partial charge on any atom is 0.133 e. The van der Waals surface area contributed by atoms with Crippen LogP contribution in [0.5, 0.6) is 0 Å². The molecule has 1 fully saturated rings. The molecule has 2 aromatic heterocycles. The molecule has 2 aromatic rings. The Bertz CT molecular complexity index is 564. The molecule has 0 bridgehead atoms. The fourth-order valence-electron chi connectivity index (χ4n) is 2.88. The largest absolute Gasteiger partial charge is 0.379 e. The van der Waals surface area contributed by atoms with Gasteiger partial charge in [-0.05, 0) is 25.4 Å². The highest BCUT2D eigenvalue weighted by Gasteiger charge is 2.24. The lowest BCUT2D eigenvalue weighted by Gasteiger charge is -2.36. The molecule has 1 saturated heterocycles. The minimum atomic E-state index is 0.418. The van der Waals surface area contributed by atoms with Gasteiger partial charge in [0.15, 0.2) is 0 Å². The van der Waals surface area contributed by atoms with Crippen molar-refractivity contribution < 1.29 is 9.26 Å². The van der Waals surface area contributed by atoms with Crippen molar-refractivity contribution in [3.8, 4) is 0 Å². The molecule has 1 aliphatic heterocycles. The molecule has 3 heterocycles. The van der Waals surface area contributed by atoms with Gasteiger partial charge in [-0.25, -0.2) is 0 Å². The van der Waals surface area contributed by atoms with Crippen molar-refractivity contribution in [2.24, 2.45) is 0 Å². The molecule has 22 heavy (non-hydrogen) atoms. The summed E-state index contributed by atoms with van der Waals surface area (Å²) >= 11 is 1.83. The quantitative estimate of drug-likeness (QED) is 0.818. The molecule has 0 amide bonds. The molecular weight excluding hydrogens is 298 g/mol. The van der Waals surface area contributed by atoms with Gasteiger partial charge >= 0.3 is 0 Å². The van der Waals surface area contributed by atoms with Gasteiger partial charge in [0.05, 0.1) is 24.9 Å². The van der Waals surface area contributed by atoms with E-state index in [1.54, 1.807) is 0 Å². The van der Waals surface area contributed by atoms with Gasteiger partial charge in [0, 0.05) is 37.1 Å². The summed E-state index contributed by atoms with van der Waals surface area (Å²) in [5.74, 6) is 0.867. The first-order valence-corrected chi connectivity index (χ1v) is 8.56. The lowest BCUT2D eigenvalue weighted by molar-refractivity contribution is 0.00953. The average Bonchev–Trinajstić information content (AvgIpc) is 3.18. The lowest BCUT2D eigenvalue weighted by Crippen LogP contribution is -2.42. The Labute approximate surface area is 135 Å². The summed E-state index contributed by atoms with van der Waals surface area (Å²) < 4.78 is 10.7. The predicted octanol–water partition coefficient (Wildman–Crippen LogP) is 2.55. The van der Waals surface area contributed by atoms with Crippen LogP contribution in [0.4, 0.5) is 0 Å². The average molecular weight is 321 g/mol. The molecule has 3 rings (SSSR count). The van der Waals surface area contributed by atoms with Gasteiger partial charge in [-0.15, -0.1) is 11.3 Å². The summed E-state index contributed by atoms with van der Waals surface area (Å²) in [5, 5.41) is 6.25. The van der Waals surface area contributed by atoms with E-state index < -0.39 is 0 Å². The van der Waals surface area contributed by atoms with E-state index in [4.69, 9.17) is 9.26 Å². The topological polar surface area (TPSA) is 41.7 Å². The van der Waals surface area contributed by atoms with E-state index in [0.717, 1.165) is 50.8 Å². The van der Waals surface area contributed by atoms with Crippen molar-refractivity contribution in [3.05, 3.63) is 39.9 Å². The number of aromatic nitrogens is 1. The van der Waals surface area contributed by atoms with Gasteiger partial charge in [0.2, 0.25) is 0 Å². The number of rotatable bonds is 6. The molecule has 0 radical (unpaired) electrons. The molecule has 5 nitrogen and oxygen atoms in total. The van der Waals surface area contributed by atoms with Crippen LogP contribution >= 0.6 is 11.3 Å². The Morgan fingerprint density at radius 2 is 2.23 bits per heavy atom. The third-order valence-electron chi connectivity index (χ3n) is 3.95. The SMILES string of the molecule is Cc1cc(CN(C)C[C@@H](c2cccs2)N2CCOCC2)no1. The second-order valence-electron chi connectivity index (χ2n) is 5.81. The second kappa shape index (κ2) is 7.37. The van der Waals surface area contributed by atoms with E-state index in [-0.39, 0.29) is 0 Å². The fourth-order valence-corrected chi connectivity index (χ4v) is 3.74. The maximum atomic E-state index is 5.50. The normalized spacial score (nSPS) is 18.0. The number of likely N-dealkylation sites (N-methyl/N-ethyl adjacent to an activating group) is 1. The second-order valence-corrected chi connectivity index (χ2v) is 6.78. The number of hydrogen-bond donors (Lipinski definition) is 0. The molecule has 1 atom stereocenters. The van der Waals surface area contributed by atoms with E-state index in [2.05, 4.69) is 39.5 Å². The third-order valence-corrected chi connectivity index (χ3v) is 4.92. The summed E-state index contributed by atoms with van der Waals surface area (Å²) in [6, 6.07) is 6.79. The molecular formula is C16H23N3O2S. The van der Waals surface area contributed by atoms with Crippen LogP contribution in [-0.4, -0.2) is 54.9 Å². The summed E-state index contributed by atoms with van der Waals surface area (Å²) in [4.78, 5) is 6.27. The standard InChI is InChI=1S/C16H23N3O2S/c1-13-10-14(17-21-13)11-18(2)12-15(16-4-3-9-22-16)19-5-7-20-8-6-19/h3-4,9-10,15H,5-8,11-12H2,1-2H3/t15-/m0/s1. The van der Waals surface area contributed by atoms with Crippen LogP contribution in [0.25, 0.3) is 0 Å². The zero-order chi connectivity index (χ0) is 15.4. The summed E-state index contributed by atoms with van der Waals surface area (Å²) in [7, 11) is 2.14. The molecule has 0 unspecified atom stereocenters. The number of nitrogens with zero attached hydrogens (tertiary/aromatic N) is 3. The van der Waals surface area contributed by atoms with Crippen molar-refractivity contribution in [3.63, 3.8) is 0 Å². The fraction of sp³-hybridized carbons (Fsp3) is 0.562. The lowest BCUT2D eigenvalue weighted by atomic mass is 10.1. The van der Waals surface area contributed by atoms with Gasteiger partial charge < -0.3 is 9.26 Å². The number of morpholine rings is 1. The van der Waals surface area contributed by atoms with E-state index in [1.807, 2.05) is 24.3 Å². The molecule has 120 valence electrons. The van der Waals surface area contributed by atoms with Crippen molar-refractivity contribution in [1.82, 2.24) is 15.0 Å². The number of hydrogen-bond acceptors (Lipinski definition) is 6. The first kappa shape index (κ1) is 15.7. The minimum absolute atomic E-state index is 0.418. The zero-order valence-corrected chi connectivity index (χ0v) is 14.0. The predicted molar refractivity (Wildman–Crippen MR) is 87.0 cm³/mol. The van der Waals surface area contributed by atoms with E-state index >= 15 is 0 Å². The number of ether oxygens (including phenoxy) is 1. The number of aryl methyl sites for hydroxylation is 1. The summed E-state index contributed by atoms with van der Waals surface area (Å²) in [5.41, 5.74) is 0.993.